The van der Waals surface area contributed by atoms with E-state index < -0.39 is 12.0 Å². The minimum atomic E-state index is -1.04. The molecule has 0 aliphatic heterocycles. The van der Waals surface area contributed by atoms with Gasteiger partial charge in [-0.1, -0.05) is 66.7 Å². The molecule has 144 valence electrons. The highest BCUT2D eigenvalue weighted by Crippen LogP contribution is 2.27. The van der Waals surface area contributed by atoms with Crippen molar-refractivity contribution in [2.45, 2.75) is 25.7 Å². The number of hydrogen-bond donors (Lipinski definition) is 2. The van der Waals surface area contributed by atoms with Crippen LogP contribution in [0.5, 0.6) is 11.5 Å². The molecule has 0 saturated carbocycles. The summed E-state index contributed by atoms with van der Waals surface area (Å²) in [5.41, 5.74) is 8.53. The Labute approximate surface area is 164 Å². The SMILES string of the molecule is NC(Cc1ccc(OCc2ccccc2)cc1OCc1ccccc1)C(=O)O. The average Bonchev–Trinajstić information content (AvgIpc) is 2.73. The summed E-state index contributed by atoms with van der Waals surface area (Å²) >= 11 is 0. The first-order valence-electron chi connectivity index (χ1n) is 9.06. The number of carboxylic acid groups (broad SMARTS) is 1. The molecule has 0 aliphatic carbocycles. The molecule has 5 heteroatoms. The van der Waals surface area contributed by atoms with Crippen LogP contribution in [0.3, 0.4) is 0 Å². The Morgan fingerprint density at radius 3 is 2.00 bits per heavy atom. The van der Waals surface area contributed by atoms with Crippen LogP contribution in [0, 0.1) is 0 Å². The predicted molar refractivity (Wildman–Crippen MR) is 107 cm³/mol. The lowest BCUT2D eigenvalue weighted by molar-refractivity contribution is -0.138. The van der Waals surface area contributed by atoms with Gasteiger partial charge in [-0.25, -0.2) is 0 Å². The highest BCUT2D eigenvalue weighted by Gasteiger charge is 2.16. The molecule has 3 aromatic rings. The van der Waals surface area contributed by atoms with E-state index in [1.54, 1.807) is 6.07 Å². The monoisotopic (exact) mass is 377 g/mol. The highest BCUT2D eigenvalue weighted by molar-refractivity contribution is 5.73. The Balaban J connectivity index is 1.75. The van der Waals surface area contributed by atoms with Crippen molar-refractivity contribution in [3.63, 3.8) is 0 Å². The number of carboxylic acids is 1. The van der Waals surface area contributed by atoms with Crippen LogP contribution in [0.1, 0.15) is 16.7 Å². The van der Waals surface area contributed by atoms with Gasteiger partial charge in [0.15, 0.2) is 0 Å². The fraction of sp³-hybridized carbons (Fsp3) is 0.174. The first-order valence-corrected chi connectivity index (χ1v) is 9.06. The average molecular weight is 377 g/mol. The molecule has 0 fully saturated rings. The van der Waals surface area contributed by atoms with E-state index in [2.05, 4.69) is 0 Å². The first-order chi connectivity index (χ1) is 13.6. The molecule has 3 rings (SSSR count). The van der Waals surface area contributed by atoms with E-state index in [1.165, 1.54) is 0 Å². The topological polar surface area (TPSA) is 81.8 Å². The number of benzene rings is 3. The van der Waals surface area contributed by atoms with Crippen molar-refractivity contribution >= 4 is 5.97 Å². The molecule has 0 aliphatic rings. The van der Waals surface area contributed by atoms with Gasteiger partial charge in [0.25, 0.3) is 0 Å². The quantitative estimate of drug-likeness (QED) is 0.593. The molecular weight excluding hydrogens is 354 g/mol. The second kappa shape index (κ2) is 9.58. The van der Waals surface area contributed by atoms with Gasteiger partial charge in [-0.3, -0.25) is 4.79 Å². The summed E-state index contributed by atoms with van der Waals surface area (Å²) in [6, 6.07) is 24.1. The van der Waals surface area contributed by atoms with Crippen LogP contribution < -0.4 is 15.2 Å². The van der Waals surface area contributed by atoms with Crippen LogP contribution >= 0.6 is 0 Å². The van der Waals surface area contributed by atoms with Crippen LogP contribution in [-0.2, 0) is 24.4 Å². The fourth-order valence-corrected chi connectivity index (χ4v) is 2.73. The molecule has 3 N–H and O–H groups in total. The number of hydrogen-bond acceptors (Lipinski definition) is 4. The second-order valence-corrected chi connectivity index (χ2v) is 6.47. The molecule has 0 heterocycles. The Hall–Kier alpha value is -3.31. The van der Waals surface area contributed by atoms with Gasteiger partial charge in [-0.2, -0.15) is 0 Å². The van der Waals surface area contributed by atoms with Crippen molar-refractivity contribution in [2.75, 3.05) is 0 Å². The lowest BCUT2D eigenvalue weighted by Crippen LogP contribution is -2.32. The number of nitrogens with two attached hydrogens (primary N) is 1. The molecule has 1 atom stereocenters. The standard InChI is InChI=1S/C23H23NO4/c24-21(23(25)26)13-19-11-12-20(27-15-17-7-3-1-4-8-17)14-22(19)28-16-18-9-5-2-6-10-18/h1-12,14,21H,13,15-16,24H2,(H,25,26). The minimum Gasteiger partial charge on any atom is -0.489 e. The fourth-order valence-electron chi connectivity index (χ4n) is 2.73. The smallest absolute Gasteiger partial charge is 0.320 e. The van der Waals surface area contributed by atoms with Crippen molar-refractivity contribution in [1.29, 1.82) is 0 Å². The van der Waals surface area contributed by atoms with Gasteiger partial charge in [0.2, 0.25) is 0 Å². The molecule has 0 bridgehead atoms. The summed E-state index contributed by atoms with van der Waals surface area (Å²) in [7, 11) is 0. The van der Waals surface area contributed by atoms with E-state index in [0.717, 1.165) is 16.7 Å². The van der Waals surface area contributed by atoms with E-state index in [4.69, 9.17) is 20.3 Å². The molecule has 0 spiro atoms. The summed E-state index contributed by atoms with van der Waals surface area (Å²) < 4.78 is 11.8. The van der Waals surface area contributed by atoms with E-state index in [0.29, 0.717) is 24.7 Å². The highest BCUT2D eigenvalue weighted by atomic mass is 16.5. The van der Waals surface area contributed by atoms with Crippen molar-refractivity contribution in [3.05, 3.63) is 95.6 Å². The molecule has 0 radical (unpaired) electrons. The van der Waals surface area contributed by atoms with Gasteiger partial charge >= 0.3 is 5.97 Å². The third-order valence-electron chi connectivity index (χ3n) is 4.28. The number of carbonyl (C=O) groups is 1. The zero-order valence-electron chi connectivity index (χ0n) is 15.5. The summed E-state index contributed by atoms with van der Waals surface area (Å²) in [4.78, 5) is 11.1. The third kappa shape index (κ3) is 5.59. The summed E-state index contributed by atoms with van der Waals surface area (Å²) in [6.07, 6.45) is 0.179. The summed E-state index contributed by atoms with van der Waals surface area (Å²) in [5.74, 6) is 0.184. The largest absolute Gasteiger partial charge is 0.489 e. The Morgan fingerprint density at radius 2 is 1.43 bits per heavy atom. The van der Waals surface area contributed by atoms with Gasteiger partial charge in [0.05, 0.1) is 0 Å². The van der Waals surface area contributed by atoms with Crippen molar-refractivity contribution in [2.24, 2.45) is 5.73 Å². The zero-order chi connectivity index (χ0) is 19.8. The molecule has 0 saturated heterocycles. The molecule has 1 unspecified atom stereocenters. The lowest BCUT2D eigenvalue weighted by Gasteiger charge is -2.15. The first kappa shape index (κ1) is 19.5. The maximum absolute atomic E-state index is 11.1. The van der Waals surface area contributed by atoms with Gasteiger partial charge < -0.3 is 20.3 Å². The third-order valence-corrected chi connectivity index (χ3v) is 4.28. The van der Waals surface area contributed by atoms with Crippen LogP contribution in [0.2, 0.25) is 0 Å². The van der Waals surface area contributed by atoms with E-state index in [9.17, 15) is 4.79 Å². The molecule has 28 heavy (non-hydrogen) atoms. The number of rotatable bonds is 9. The number of ether oxygens (including phenoxy) is 2. The van der Waals surface area contributed by atoms with E-state index in [-0.39, 0.29) is 6.42 Å². The Morgan fingerprint density at radius 1 is 0.857 bits per heavy atom. The normalized spacial score (nSPS) is 11.6. The van der Waals surface area contributed by atoms with Gasteiger partial charge in [0, 0.05) is 12.5 Å². The van der Waals surface area contributed by atoms with Crippen LogP contribution in [-0.4, -0.2) is 17.1 Å². The van der Waals surface area contributed by atoms with Crippen molar-refractivity contribution in [3.8, 4) is 11.5 Å². The van der Waals surface area contributed by atoms with Gasteiger partial charge in [0.1, 0.15) is 30.8 Å². The van der Waals surface area contributed by atoms with Crippen LogP contribution in [0.25, 0.3) is 0 Å². The molecule has 3 aromatic carbocycles. The Bertz CT molecular complexity index is 897. The zero-order valence-corrected chi connectivity index (χ0v) is 15.5. The lowest BCUT2D eigenvalue weighted by atomic mass is 10.1. The molecule has 0 aromatic heterocycles. The maximum Gasteiger partial charge on any atom is 0.320 e. The van der Waals surface area contributed by atoms with E-state index in [1.807, 2.05) is 72.8 Å². The molecule has 0 amide bonds. The van der Waals surface area contributed by atoms with Crippen LogP contribution in [0.4, 0.5) is 0 Å². The van der Waals surface area contributed by atoms with Crippen LogP contribution in [0.15, 0.2) is 78.9 Å². The predicted octanol–water partition coefficient (Wildman–Crippen LogP) is 3.80. The number of aliphatic carboxylic acids is 1. The second-order valence-electron chi connectivity index (χ2n) is 6.47. The summed E-state index contributed by atoms with van der Waals surface area (Å²) in [6.45, 7) is 0.811. The minimum absolute atomic E-state index is 0.179. The van der Waals surface area contributed by atoms with E-state index >= 15 is 0 Å². The molecule has 5 nitrogen and oxygen atoms in total. The summed E-state index contributed by atoms with van der Waals surface area (Å²) in [5, 5.41) is 9.12. The van der Waals surface area contributed by atoms with Gasteiger partial charge in [-0.15, -0.1) is 0 Å². The molecular formula is C23H23NO4. The van der Waals surface area contributed by atoms with Gasteiger partial charge in [-0.05, 0) is 22.8 Å². The Kier molecular flexibility index (Phi) is 6.65. The maximum atomic E-state index is 11.1. The van der Waals surface area contributed by atoms with Crippen molar-refractivity contribution in [1.82, 2.24) is 0 Å². The van der Waals surface area contributed by atoms with Crippen molar-refractivity contribution < 1.29 is 19.4 Å².